The van der Waals surface area contributed by atoms with Gasteiger partial charge in [0.1, 0.15) is 5.82 Å². The van der Waals surface area contributed by atoms with Gasteiger partial charge >= 0.3 is 11.5 Å². The highest BCUT2D eigenvalue weighted by Gasteiger charge is 2.20. The monoisotopic (exact) mass is 426 g/mol. The third kappa shape index (κ3) is 6.45. The molecule has 0 unspecified atom stereocenters. The molecule has 0 amide bonds. The first kappa shape index (κ1) is 21.6. The van der Waals surface area contributed by atoms with Crippen LogP contribution in [0.5, 0.6) is 0 Å². The molecule has 0 N–H and O–H groups in total. The molecule has 0 aliphatic heterocycles. The largest absolute Gasteiger partial charge is 0.361 e. The van der Waals surface area contributed by atoms with Crippen LogP contribution in [0.2, 0.25) is 0 Å². The van der Waals surface area contributed by atoms with Crippen LogP contribution in [-0.4, -0.2) is 0 Å². The van der Waals surface area contributed by atoms with Gasteiger partial charge in [0.15, 0.2) is 0 Å². The van der Waals surface area contributed by atoms with E-state index in [2.05, 4.69) is 12.1 Å². The van der Waals surface area contributed by atoms with Gasteiger partial charge in [0, 0.05) is 5.56 Å². The summed E-state index contributed by atoms with van der Waals surface area (Å²) in [7, 11) is -4.94. The predicted octanol–water partition coefficient (Wildman–Crippen LogP) is 1.94. The average molecular weight is 427 g/mol. The maximum atomic E-state index is 13.3. The Morgan fingerprint density at radius 3 is 1.40 bits per heavy atom. The minimum absolute atomic E-state index is 0.258. The molecule has 1 heterocycles. The molecule has 0 atom stereocenters. The van der Waals surface area contributed by atoms with Gasteiger partial charge in [-0.25, -0.2) is 27.4 Å². The summed E-state index contributed by atoms with van der Waals surface area (Å²) in [6.07, 6.45) is 0. The lowest BCUT2D eigenvalue weighted by atomic mass is 10.0. The highest BCUT2D eigenvalue weighted by Crippen LogP contribution is 2.32. The molecular formula is C23H16ClFO5. The zero-order valence-electron chi connectivity index (χ0n) is 15.5. The fourth-order valence-electron chi connectivity index (χ4n) is 2.80. The second-order valence-electron chi connectivity index (χ2n) is 6.19. The van der Waals surface area contributed by atoms with Crippen LogP contribution in [0.3, 0.4) is 0 Å². The fraction of sp³-hybridized carbons (Fsp3) is 0. The molecule has 7 heteroatoms. The number of benzene rings is 3. The van der Waals surface area contributed by atoms with Gasteiger partial charge in [0.2, 0.25) is 0 Å². The Kier molecular flexibility index (Phi) is 6.89. The highest BCUT2D eigenvalue weighted by atomic mass is 35.7. The van der Waals surface area contributed by atoms with Crippen molar-refractivity contribution in [3.8, 4) is 33.8 Å². The smallest absolute Gasteiger partial charge is 0.222 e. The topological polar surface area (TPSA) is 104 Å². The van der Waals surface area contributed by atoms with E-state index >= 15 is 0 Å². The lowest BCUT2D eigenvalue weighted by molar-refractivity contribution is -2.00. The molecule has 1 aromatic heterocycles. The van der Waals surface area contributed by atoms with Gasteiger partial charge in [-0.2, -0.15) is 0 Å². The predicted molar refractivity (Wildman–Crippen MR) is 99.4 cm³/mol. The standard InChI is InChI=1S/C23H16FO.ClHO4/c24-21-13-11-19(12-14-21)23-16-20(17-7-3-1-4-8-17)15-22(25-23)18-9-5-2-6-10-18;2-1(3,4)5/h1-16H;(H,2,3,4,5)/q+1;/p-1. The summed E-state index contributed by atoms with van der Waals surface area (Å²) in [5.41, 5.74) is 4.02. The van der Waals surface area contributed by atoms with Crippen molar-refractivity contribution in [3.63, 3.8) is 0 Å². The molecule has 4 aromatic rings. The van der Waals surface area contributed by atoms with Crippen LogP contribution >= 0.6 is 0 Å². The Hall–Kier alpha value is -3.13. The van der Waals surface area contributed by atoms with E-state index in [0.29, 0.717) is 5.76 Å². The second kappa shape index (κ2) is 9.58. The minimum Gasteiger partial charge on any atom is -0.222 e. The molecule has 152 valence electrons. The van der Waals surface area contributed by atoms with Crippen LogP contribution < -0.4 is 18.6 Å². The zero-order valence-corrected chi connectivity index (χ0v) is 16.3. The van der Waals surface area contributed by atoms with Crippen molar-refractivity contribution < 1.29 is 37.7 Å². The number of hydrogen-bond acceptors (Lipinski definition) is 4. The van der Waals surface area contributed by atoms with E-state index < -0.39 is 10.2 Å². The van der Waals surface area contributed by atoms with E-state index in [1.807, 2.05) is 60.7 Å². The molecule has 0 radical (unpaired) electrons. The molecule has 3 aromatic carbocycles. The Morgan fingerprint density at radius 2 is 0.933 bits per heavy atom. The third-order valence-corrected chi connectivity index (χ3v) is 4.09. The van der Waals surface area contributed by atoms with Gasteiger partial charge in [0.05, 0.1) is 23.3 Å². The molecule has 0 fully saturated rings. The van der Waals surface area contributed by atoms with Gasteiger partial charge in [0.25, 0.3) is 0 Å². The van der Waals surface area contributed by atoms with E-state index in [1.165, 1.54) is 12.1 Å². The molecule has 0 aliphatic rings. The Bertz CT molecular complexity index is 1020. The first-order chi connectivity index (χ1) is 14.3. The molecule has 0 saturated heterocycles. The summed E-state index contributed by atoms with van der Waals surface area (Å²) < 4.78 is 53.4. The summed E-state index contributed by atoms with van der Waals surface area (Å²) in [5, 5.41) is 0. The molecule has 0 spiro atoms. The van der Waals surface area contributed by atoms with Crippen molar-refractivity contribution in [2.45, 2.75) is 0 Å². The van der Waals surface area contributed by atoms with E-state index in [0.717, 1.165) is 28.0 Å². The van der Waals surface area contributed by atoms with E-state index in [-0.39, 0.29) is 5.82 Å². The summed E-state index contributed by atoms with van der Waals surface area (Å²) in [4.78, 5) is 0. The van der Waals surface area contributed by atoms with Crippen molar-refractivity contribution in [3.05, 3.63) is 103 Å². The SMILES string of the molecule is Fc1ccc(-c2cc(-c3ccccc3)cc(-c3ccccc3)[o+]2)cc1.[O-][Cl+3]([O-])([O-])[O-]. The summed E-state index contributed by atoms with van der Waals surface area (Å²) in [5.74, 6) is 1.23. The highest BCUT2D eigenvalue weighted by molar-refractivity contribution is 5.74. The normalized spacial score (nSPS) is 10.8. The maximum Gasteiger partial charge on any atom is 0.361 e. The fourth-order valence-corrected chi connectivity index (χ4v) is 2.80. The van der Waals surface area contributed by atoms with Gasteiger partial charge in [-0.1, -0.05) is 48.5 Å². The van der Waals surface area contributed by atoms with Crippen LogP contribution in [0.25, 0.3) is 33.8 Å². The van der Waals surface area contributed by atoms with E-state index in [9.17, 15) is 4.39 Å². The lowest BCUT2D eigenvalue weighted by Gasteiger charge is -2.17. The molecule has 5 nitrogen and oxygen atoms in total. The van der Waals surface area contributed by atoms with Gasteiger partial charge < -0.3 is 0 Å². The van der Waals surface area contributed by atoms with Crippen molar-refractivity contribution >= 4 is 0 Å². The minimum atomic E-state index is -4.94. The summed E-state index contributed by atoms with van der Waals surface area (Å²) in [6, 6.07) is 30.5. The van der Waals surface area contributed by atoms with Crippen LogP contribution in [0, 0.1) is 16.1 Å². The van der Waals surface area contributed by atoms with Crippen molar-refractivity contribution in [2.75, 3.05) is 0 Å². The molecule has 30 heavy (non-hydrogen) atoms. The van der Waals surface area contributed by atoms with Gasteiger partial charge in [-0.3, -0.25) is 0 Å². The van der Waals surface area contributed by atoms with Crippen molar-refractivity contribution in [1.82, 2.24) is 0 Å². The van der Waals surface area contributed by atoms with Crippen LogP contribution in [0.1, 0.15) is 0 Å². The number of hydrogen-bond donors (Lipinski definition) is 0. The summed E-state index contributed by atoms with van der Waals surface area (Å²) >= 11 is 0. The molecular weight excluding hydrogens is 411 g/mol. The lowest BCUT2D eigenvalue weighted by Crippen LogP contribution is -2.68. The Balaban J connectivity index is 0.000000461. The molecule has 0 aliphatic carbocycles. The van der Waals surface area contributed by atoms with Crippen LogP contribution in [0.15, 0.2) is 101 Å². The molecule has 0 bridgehead atoms. The Morgan fingerprint density at radius 1 is 0.533 bits per heavy atom. The van der Waals surface area contributed by atoms with Crippen molar-refractivity contribution in [1.29, 1.82) is 0 Å². The average Bonchev–Trinajstić information content (AvgIpc) is 2.74. The number of rotatable bonds is 3. The first-order valence-corrected chi connectivity index (χ1v) is 10.00. The van der Waals surface area contributed by atoms with Crippen LogP contribution in [0.4, 0.5) is 4.39 Å². The molecule has 0 saturated carbocycles. The first-order valence-electron chi connectivity index (χ1n) is 8.76. The quantitative estimate of drug-likeness (QED) is 0.466. The van der Waals surface area contributed by atoms with Crippen LogP contribution in [-0.2, 0) is 0 Å². The Labute approximate surface area is 174 Å². The van der Waals surface area contributed by atoms with E-state index in [4.69, 9.17) is 23.1 Å². The maximum absolute atomic E-state index is 13.3. The summed E-state index contributed by atoms with van der Waals surface area (Å²) in [6.45, 7) is 0. The molecule has 4 rings (SSSR count). The third-order valence-electron chi connectivity index (χ3n) is 4.09. The number of halogens is 2. The zero-order chi connectivity index (χ0) is 21.6. The van der Waals surface area contributed by atoms with Gasteiger partial charge in [-0.05, 0) is 42.0 Å². The van der Waals surface area contributed by atoms with Crippen molar-refractivity contribution in [2.24, 2.45) is 0 Å². The second-order valence-corrected chi connectivity index (χ2v) is 6.95. The van der Waals surface area contributed by atoms with Gasteiger partial charge in [-0.15, -0.1) is 10.2 Å². The van der Waals surface area contributed by atoms with E-state index in [1.54, 1.807) is 12.1 Å².